The maximum Gasteiger partial charge on any atom is 0.191 e. The summed E-state index contributed by atoms with van der Waals surface area (Å²) in [6, 6.07) is 10.0. The molecule has 1 heterocycles. The van der Waals surface area contributed by atoms with E-state index in [0.29, 0.717) is 18.4 Å². The maximum atomic E-state index is 9.29. The summed E-state index contributed by atoms with van der Waals surface area (Å²) < 4.78 is 1.94. The highest BCUT2D eigenvalue weighted by Crippen LogP contribution is 2.14. The fourth-order valence-electron chi connectivity index (χ4n) is 3.06. The van der Waals surface area contributed by atoms with Crippen molar-refractivity contribution in [3.8, 4) is 5.69 Å². The Labute approximate surface area is 161 Å². The van der Waals surface area contributed by atoms with Gasteiger partial charge in [0.25, 0.3) is 0 Å². The van der Waals surface area contributed by atoms with Gasteiger partial charge in [0, 0.05) is 25.4 Å². The number of guanidine groups is 1. The monoisotopic (exact) mass is 372 g/mol. The lowest BCUT2D eigenvalue weighted by Crippen LogP contribution is -2.40. The standard InChI is InChI=1S/C20H32N6O/c1-4-21-20(22-13-17(10-11-27)12-16(2)3)23-14-19-25-24-15-26(19)18-8-6-5-7-9-18/h5-9,15-17,27H,4,10-14H2,1-3H3,(H2,21,22,23). The predicted molar refractivity (Wildman–Crippen MR) is 109 cm³/mol. The Morgan fingerprint density at radius 3 is 2.67 bits per heavy atom. The van der Waals surface area contributed by atoms with Crippen molar-refractivity contribution in [3.05, 3.63) is 42.5 Å². The fraction of sp³-hybridized carbons (Fsp3) is 0.550. The van der Waals surface area contributed by atoms with Crippen LogP contribution in [0, 0.1) is 11.8 Å². The zero-order valence-electron chi connectivity index (χ0n) is 16.6. The number of benzene rings is 1. The Morgan fingerprint density at radius 2 is 2.00 bits per heavy atom. The number of rotatable bonds is 10. The first-order valence-corrected chi connectivity index (χ1v) is 9.71. The van der Waals surface area contributed by atoms with Gasteiger partial charge in [-0.1, -0.05) is 32.0 Å². The summed E-state index contributed by atoms with van der Waals surface area (Å²) >= 11 is 0. The molecular weight excluding hydrogens is 340 g/mol. The van der Waals surface area contributed by atoms with Crippen LogP contribution in [-0.2, 0) is 6.54 Å². The number of para-hydroxylation sites is 1. The predicted octanol–water partition coefficient (Wildman–Crippen LogP) is 2.37. The van der Waals surface area contributed by atoms with Crippen LogP contribution in [0.2, 0.25) is 0 Å². The van der Waals surface area contributed by atoms with E-state index in [1.54, 1.807) is 6.33 Å². The number of nitrogens with zero attached hydrogens (tertiary/aromatic N) is 4. The summed E-state index contributed by atoms with van der Waals surface area (Å²) in [5.74, 6) is 2.57. The highest BCUT2D eigenvalue weighted by Gasteiger charge is 2.12. The molecule has 0 amide bonds. The second-order valence-electron chi connectivity index (χ2n) is 7.04. The smallest absolute Gasteiger partial charge is 0.191 e. The Morgan fingerprint density at radius 1 is 1.22 bits per heavy atom. The Bertz CT molecular complexity index is 683. The molecule has 7 nitrogen and oxygen atoms in total. The molecule has 2 aromatic rings. The van der Waals surface area contributed by atoms with Crippen molar-refractivity contribution < 1.29 is 5.11 Å². The van der Waals surface area contributed by atoms with Crippen LogP contribution < -0.4 is 10.6 Å². The third-order valence-electron chi connectivity index (χ3n) is 4.28. The SMILES string of the molecule is CCNC(=NCc1nncn1-c1ccccc1)NCC(CCO)CC(C)C. The van der Waals surface area contributed by atoms with Gasteiger partial charge in [-0.05, 0) is 43.7 Å². The maximum absolute atomic E-state index is 9.29. The Balaban J connectivity index is 2.02. The van der Waals surface area contributed by atoms with E-state index in [4.69, 9.17) is 0 Å². The van der Waals surface area contributed by atoms with Crippen LogP contribution in [0.3, 0.4) is 0 Å². The van der Waals surface area contributed by atoms with Gasteiger partial charge in [-0.25, -0.2) is 4.99 Å². The molecule has 0 fully saturated rings. The number of aliphatic hydroxyl groups is 1. The summed E-state index contributed by atoms with van der Waals surface area (Å²) in [4.78, 5) is 4.66. The molecule has 0 radical (unpaired) electrons. The van der Waals surface area contributed by atoms with Crippen molar-refractivity contribution in [2.24, 2.45) is 16.8 Å². The quantitative estimate of drug-likeness (QED) is 0.440. The van der Waals surface area contributed by atoms with E-state index in [1.807, 2.05) is 41.8 Å². The summed E-state index contributed by atoms with van der Waals surface area (Å²) in [6.07, 6.45) is 3.59. The van der Waals surface area contributed by atoms with Crippen LogP contribution in [0.5, 0.6) is 0 Å². The first kappa shape index (κ1) is 20.9. The molecule has 0 aliphatic heterocycles. The third-order valence-corrected chi connectivity index (χ3v) is 4.28. The molecule has 1 unspecified atom stereocenters. The largest absolute Gasteiger partial charge is 0.396 e. The fourth-order valence-corrected chi connectivity index (χ4v) is 3.06. The number of hydrogen-bond acceptors (Lipinski definition) is 4. The minimum atomic E-state index is 0.215. The van der Waals surface area contributed by atoms with Crippen molar-refractivity contribution in [3.63, 3.8) is 0 Å². The van der Waals surface area contributed by atoms with Crippen molar-refractivity contribution in [1.29, 1.82) is 0 Å². The van der Waals surface area contributed by atoms with E-state index >= 15 is 0 Å². The first-order valence-electron chi connectivity index (χ1n) is 9.71. The number of aliphatic hydroxyl groups excluding tert-OH is 1. The van der Waals surface area contributed by atoms with Gasteiger partial charge >= 0.3 is 0 Å². The van der Waals surface area contributed by atoms with E-state index in [0.717, 1.165) is 43.4 Å². The highest BCUT2D eigenvalue weighted by molar-refractivity contribution is 5.79. The van der Waals surface area contributed by atoms with Gasteiger partial charge in [0.2, 0.25) is 0 Å². The van der Waals surface area contributed by atoms with Crippen LogP contribution in [0.4, 0.5) is 0 Å². The number of nitrogens with one attached hydrogen (secondary N) is 2. The van der Waals surface area contributed by atoms with Crippen molar-refractivity contribution in [2.75, 3.05) is 19.7 Å². The molecular formula is C20H32N6O. The summed E-state index contributed by atoms with van der Waals surface area (Å²) in [5.41, 5.74) is 1.02. The van der Waals surface area contributed by atoms with Crippen LogP contribution in [0.25, 0.3) is 5.69 Å². The van der Waals surface area contributed by atoms with Crippen molar-refractivity contribution >= 4 is 5.96 Å². The highest BCUT2D eigenvalue weighted by atomic mass is 16.3. The molecule has 7 heteroatoms. The van der Waals surface area contributed by atoms with Gasteiger partial charge in [-0.15, -0.1) is 10.2 Å². The molecule has 0 aliphatic rings. The zero-order valence-corrected chi connectivity index (χ0v) is 16.6. The molecule has 1 atom stereocenters. The molecule has 2 rings (SSSR count). The molecule has 3 N–H and O–H groups in total. The molecule has 0 aliphatic carbocycles. The van der Waals surface area contributed by atoms with Gasteiger partial charge in [0.15, 0.2) is 11.8 Å². The molecule has 27 heavy (non-hydrogen) atoms. The number of aromatic nitrogens is 3. The molecule has 148 valence electrons. The average Bonchev–Trinajstić information content (AvgIpc) is 3.13. The van der Waals surface area contributed by atoms with Crippen LogP contribution in [0.1, 0.15) is 39.4 Å². The lowest BCUT2D eigenvalue weighted by molar-refractivity contribution is 0.243. The topological polar surface area (TPSA) is 87.4 Å². The molecule has 0 spiro atoms. The van der Waals surface area contributed by atoms with Gasteiger partial charge < -0.3 is 15.7 Å². The summed E-state index contributed by atoms with van der Waals surface area (Å²) in [5, 5.41) is 24.2. The van der Waals surface area contributed by atoms with E-state index in [1.165, 1.54) is 0 Å². The number of hydrogen-bond donors (Lipinski definition) is 3. The van der Waals surface area contributed by atoms with Gasteiger partial charge in [-0.2, -0.15) is 0 Å². The molecule has 0 bridgehead atoms. The average molecular weight is 373 g/mol. The van der Waals surface area contributed by atoms with Crippen molar-refractivity contribution in [1.82, 2.24) is 25.4 Å². The Kier molecular flexibility index (Phi) is 8.77. The van der Waals surface area contributed by atoms with E-state index in [-0.39, 0.29) is 6.61 Å². The van der Waals surface area contributed by atoms with E-state index in [2.05, 4.69) is 39.7 Å². The summed E-state index contributed by atoms with van der Waals surface area (Å²) in [7, 11) is 0. The molecule has 0 saturated heterocycles. The first-order chi connectivity index (χ1) is 13.1. The minimum absolute atomic E-state index is 0.215. The lowest BCUT2D eigenvalue weighted by atomic mass is 9.94. The second-order valence-corrected chi connectivity index (χ2v) is 7.04. The van der Waals surface area contributed by atoms with Crippen LogP contribution in [0.15, 0.2) is 41.7 Å². The van der Waals surface area contributed by atoms with E-state index in [9.17, 15) is 5.11 Å². The van der Waals surface area contributed by atoms with Crippen molar-refractivity contribution in [2.45, 2.75) is 40.2 Å². The molecule has 1 aromatic carbocycles. The van der Waals surface area contributed by atoms with E-state index < -0.39 is 0 Å². The second kappa shape index (κ2) is 11.3. The van der Waals surface area contributed by atoms with Gasteiger partial charge in [-0.3, -0.25) is 4.57 Å². The Hall–Kier alpha value is -2.41. The van der Waals surface area contributed by atoms with Gasteiger partial charge in [0.05, 0.1) is 0 Å². The minimum Gasteiger partial charge on any atom is -0.396 e. The van der Waals surface area contributed by atoms with Gasteiger partial charge in [0.1, 0.15) is 12.9 Å². The molecule has 1 aromatic heterocycles. The molecule has 0 saturated carbocycles. The zero-order chi connectivity index (χ0) is 19.5. The normalized spacial score (nSPS) is 13.0. The number of aliphatic imine (C=N–C) groups is 1. The summed E-state index contributed by atoms with van der Waals surface area (Å²) in [6.45, 7) is 8.68. The third kappa shape index (κ3) is 7.02. The van der Waals surface area contributed by atoms with Crippen LogP contribution in [-0.4, -0.2) is 45.5 Å². The van der Waals surface area contributed by atoms with Crippen LogP contribution >= 0.6 is 0 Å². The lowest BCUT2D eigenvalue weighted by Gasteiger charge is -2.20.